The number of ether oxygens (including phenoxy) is 1. The monoisotopic (exact) mass is 647 g/mol. The maximum Gasteiger partial charge on any atom is 0.209 e. The molecule has 3 aromatic carbocycles. The lowest BCUT2D eigenvalue weighted by Gasteiger charge is -2.31. The predicted molar refractivity (Wildman–Crippen MR) is 143 cm³/mol. The molecule has 7 heteroatoms. The van der Waals surface area contributed by atoms with Gasteiger partial charge in [-0.3, -0.25) is 9.36 Å². The van der Waals surface area contributed by atoms with Crippen LogP contribution in [0.5, 0.6) is 5.75 Å². The molecule has 0 spiro atoms. The van der Waals surface area contributed by atoms with Crippen molar-refractivity contribution in [2.24, 2.45) is 0 Å². The SMILES string of the molecule is COc1c(I)cc([C@@H]2C(C(=O)c3ccccc3)=C(C)Nc3nc4ccccc4n32)cc1I. The number of carbonyl (C=O) groups excluding carboxylic acids is 1. The van der Waals surface area contributed by atoms with E-state index in [9.17, 15) is 4.79 Å². The van der Waals surface area contributed by atoms with Crippen molar-refractivity contribution >= 4 is 67.9 Å². The Morgan fingerprint density at radius 1 is 1.03 bits per heavy atom. The molecule has 1 atom stereocenters. The third-order valence-corrected chi connectivity index (χ3v) is 7.25. The van der Waals surface area contributed by atoms with Crippen LogP contribution >= 0.6 is 45.2 Å². The fraction of sp³-hybridized carbons (Fsp3) is 0.120. The number of aromatic nitrogens is 2. The minimum atomic E-state index is -0.320. The summed E-state index contributed by atoms with van der Waals surface area (Å²) in [6, 6.07) is 21.3. The van der Waals surface area contributed by atoms with Gasteiger partial charge in [-0.05, 0) is 81.9 Å². The summed E-state index contributed by atoms with van der Waals surface area (Å²) in [5.41, 5.74) is 5.07. The molecule has 0 bridgehead atoms. The van der Waals surface area contributed by atoms with Gasteiger partial charge in [-0.15, -0.1) is 0 Å². The Morgan fingerprint density at radius 2 is 1.69 bits per heavy atom. The first kappa shape index (κ1) is 21.4. The van der Waals surface area contributed by atoms with Crippen molar-refractivity contribution in [2.45, 2.75) is 13.0 Å². The highest BCUT2D eigenvalue weighted by molar-refractivity contribution is 14.1. The molecular weight excluding hydrogens is 628 g/mol. The Labute approximate surface area is 213 Å². The number of imidazole rings is 1. The molecule has 1 N–H and O–H groups in total. The van der Waals surface area contributed by atoms with Gasteiger partial charge in [0, 0.05) is 16.8 Å². The highest BCUT2D eigenvalue weighted by Crippen LogP contribution is 2.42. The van der Waals surface area contributed by atoms with E-state index < -0.39 is 0 Å². The highest BCUT2D eigenvalue weighted by Gasteiger charge is 2.35. The van der Waals surface area contributed by atoms with Crippen LogP contribution < -0.4 is 10.1 Å². The van der Waals surface area contributed by atoms with Gasteiger partial charge in [-0.1, -0.05) is 42.5 Å². The number of rotatable bonds is 4. The number of nitrogens with one attached hydrogen (secondary N) is 1. The van der Waals surface area contributed by atoms with Crippen LogP contribution in [0.4, 0.5) is 5.95 Å². The van der Waals surface area contributed by atoms with Gasteiger partial charge in [0.15, 0.2) is 5.78 Å². The number of para-hydroxylation sites is 2. The zero-order valence-corrected chi connectivity index (χ0v) is 21.7. The Hall–Kier alpha value is -2.40. The number of benzene rings is 3. The fourth-order valence-corrected chi connectivity index (χ4v) is 6.51. The second-order valence-corrected chi connectivity index (χ2v) is 9.90. The number of fused-ring (bicyclic) bond motifs is 3. The molecule has 5 nitrogen and oxygen atoms in total. The van der Waals surface area contributed by atoms with Gasteiger partial charge >= 0.3 is 0 Å². The second-order valence-electron chi connectivity index (χ2n) is 7.57. The summed E-state index contributed by atoms with van der Waals surface area (Å²) in [5, 5.41) is 3.38. The van der Waals surface area contributed by atoms with Crippen molar-refractivity contribution in [2.75, 3.05) is 12.4 Å². The van der Waals surface area contributed by atoms with Gasteiger partial charge in [0.2, 0.25) is 5.95 Å². The average molecular weight is 647 g/mol. The largest absolute Gasteiger partial charge is 0.495 e. The van der Waals surface area contributed by atoms with E-state index in [2.05, 4.69) is 67.2 Å². The quantitative estimate of drug-likeness (QED) is 0.205. The Kier molecular flexibility index (Phi) is 5.70. The van der Waals surface area contributed by atoms with E-state index in [4.69, 9.17) is 9.72 Å². The van der Waals surface area contributed by atoms with E-state index in [1.54, 1.807) is 7.11 Å². The number of hydrogen-bond acceptors (Lipinski definition) is 4. The summed E-state index contributed by atoms with van der Waals surface area (Å²) in [6.07, 6.45) is 0. The standard InChI is InChI=1S/C25H19I2N3O2/c1-14-21(23(31)15-8-4-3-5-9-15)22(16-12-17(26)24(32-2)18(27)13-16)30-20-11-7-6-10-19(20)29-25(30)28-14/h3-13,22H,1-2H3,(H,28,29)/t22-/m1/s1. The molecule has 0 amide bonds. The van der Waals surface area contributed by atoms with E-state index in [0.29, 0.717) is 11.1 Å². The number of halogens is 2. The number of anilines is 1. The van der Waals surface area contributed by atoms with Crippen LogP contribution in [0.1, 0.15) is 28.9 Å². The molecule has 0 unspecified atom stereocenters. The normalized spacial score (nSPS) is 15.4. The minimum Gasteiger partial charge on any atom is -0.495 e. The van der Waals surface area contributed by atoms with Crippen LogP contribution in [-0.2, 0) is 0 Å². The number of nitrogens with zero attached hydrogens (tertiary/aromatic N) is 2. The predicted octanol–water partition coefficient (Wildman–Crippen LogP) is 6.43. The smallest absolute Gasteiger partial charge is 0.209 e. The third kappa shape index (κ3) is 3.51. The van der Waals surface area contributed by atoms with Gasteiger partial charge < -0.3 is 10.1 Å². The lowest BCUT2D eigenvalue weighted by atomic mass is 9.89. The van der Waals surface area contributed by atoms with Crippen molar-refractivity contribution in [3.05, 3.63) is 96.3 Å². The zero-order chi connectivity index (χ0) is 22.4. The molecular formula is C25H19I2N3O2. The summed E-state index contributed by atoms with van der Waals surface area (Å²) < 4.78 is 9.71. The summed E-state index contributed by atoms with van der Waals surface area (Å²) in [4.78, 5) is 18.6. The molecule has 1 aliphatic rings. The van der Waals surface area contributed by atoms with Crippen LogP contribution in [-0.4, -0.2) is 22.4 Å². The van der Waals surface area contributed by atoms with Crippen molar-refractivity contribution in [1.29, 1.82) is 0 Å². The number of carbonyl (C=O) groups is 1. The first-order chi connectivity index (χ1) is 15.5. The van der Waals surface area contributed by atoms with E-state index in [0.717, 1.165) is 41.1 Å². The molecule has 0 saturated carbocycles. The first-order valence-electron chi connectivity index (χ1n) is 10.1. The molecule has 0 saturated heterocycles. The number of hydrogen-bond donors (Lipinski definition) is 1. The van der Waals surface area contributed by atoms with Gasteiger partial charge in [-0.25, -0.2) is 4.98 Å². The zero-order valence-electron chi connectivity index (χ0n) is 17.4. The van der Waals surface area contributed by atoms with Crippen LogP contribution in [0, 0.1) is 7.14 Å². The molecule has 0 fully saturated rings. The maximum atomic E-state index is 13.8. The summed E-state index contributed by atoms with van der Waals surface area (Å²) >= 11 is 4.59. The number of ketones is 1. The lowest BCUT2D eigenvalue weighted by molar-refractivity contribution is 0.102. The van der Waals surface area contributed by atoms with Crippen LogP contribution in [0.2, 0.25) is 0 Å². The molecule has 5 rings (SSSR count). The average Bonchev–Trinajstić information content (AvgIpc) is 3.16. The lowest BCUT2D eigenvalue weighted by Crippen LogP contribution is -2.28. The Bertz CT molecular complexity index is 1370. The third-order valence-electron chi connectivity index (χ3n) is 5.65. The Morgan fingerprint density at radius 3 is 2.38 bits per heavy atom. The summed E-state index contributed by atoms with van der Waals surface area (Å²) in [6.45, 7) is 1.95. The van der Waals surface area contributed by atoms with E-state index in [-0.39, 0.29) is 11.8 Å². The molecule has 0 aliphatic carbocycles. The molecule has 1 aromatic heterocycles. The van der Waals surface area contributed by atoms with E-state index >= 15 is 0 Å². The molecule has 160 valence electrons. The van der Waals surface area contributed by atoms with Crippen molar-refractivity contribution < 1.29 is 9.53 Å². The highest BCUT2D eigenvalue weighted by atomic mass is 127. The molecule has 2 heterocycles. The molecule has 0 radical (unpaired) electrons. The van der Waals surface area contributed by atoms with Gasteiger partial charge in [0.05, 0.1) is 31.3 Å². The van der Waals surface area contributed by atoms with Crippen molar-refractivity contribution in [1.82, 2.24) is 9.55 Å². The maximum absolute atomic E-state index is 13.8. The minimum absolute atomic E-state index is 0.00451. The van der Waals surface area contributed by atoms with Gasteiger partial charge in [0.25, 0.3) is 0 Å². The van der Waals surface area contributed by atoms with Crippen molar-refractivity contribution in [3.8, 4) is 5.75 Å². The first-order valence-corrected chi connectivity index (χ1v) is 12.2. The second kappa shape index (κ2) is 8.51. The number of Topliss-reactive ketones (excluding diaryl/α,β-unsaturated/α-hetero) is 1. The van der Waals surface area contributed by atoms with Crippen LogP contribution in [0.3, 0.4) is 0 Å². The number of allylic oxidation sites excluding steroid dienone is 2. The van der Waals surface area contributed by atoms with Gasteiger partial charge in [0.1, 0.15) is 5.75 Å². The van der Waals surface area contributed by atoms with E-state index in [1.165, 1.54) is 0 Å². The van der Waals surface area contributed by atoms with E-state index in [1.807, 2.05) is 61.5 Å². The van der Waals surface area contributed by atoms with Gasteiger partial charge in [-0.2, -0.15) is 0 Å². The van der Waals surface area contributed by atoms with Crippen LogP contribution in [0.25, 0.3) is 11.0 Å². The summed E-state index contributed by atoms with van der Waals surface area (Å²) in [7, 11) is 1.68. The van der Waals surface area contributed by atoms with Crippen LogP contribution in [0.15, 0.2) is 78.0 Å². The Balaban J connectivity index is 1.79. The molecule has 4 aromatic rings. The molecule has 1 aliphatic heterocycles. The topological polar surface area (TPSA) is 56.1 Å². The fourth-order valence-electron chi connectivity index (χ4n) is 4.25. The summed E-state index contributed by atoms with van der Waals surface area (Å²) in [5.74, 6) is 1.58. The number of methoxy groups -OCH3 is 1. The molecule has 32 heavy (non-hydrogen) atoms. The van der Waals surface area contributed by atoms with Crippen molar-refractivity contribution in [3.63, 3.8) is 0 Å².